The Balaban J connectivity index is 1.44. The molecule has 148 valence electrons. The van der Waals surface area contributed by atoms with E-state index in [1.54, 1.807) is 4.90 Å². The van der Waals surface area contributed by atoms with E-state index >= 15 is 0 Å². The van der Waals surface area contributed by atoms with Crippen LogP contribution in [0.25, 0.3) is 0 Å². The standard InChI is InChI=1S/C21H31N3O3/c1-16-8-11-23(12-9-16)14-18-6-4-17(5-7-18)13-22-21(27)24-10-2-3-19(15-24)20(25)26/h4-7,16,19H,2-3,8-15H2,1H3,(H,22,27)(H,25,26). The maximum absolute atomic E-state index is 12.3. The van der Waals surface area contributed by atoms with Crippen LogP contribution in [0.1, 0.15) is 43.7 Å². The normalized spacial score (nSPS) is 21.8. The van der Waals surface area contributed by atoms with Gasteiger partial charge in [0.2, 0.25) is 0 Å². The minimum Gasteiger partial charge on any atom is -0.481 e. The van der Waals surface area contributed by atoms with Crippen LogP contribution in [-0.2, 0) is 17.9 Å². The summed E-state index contributed by atoms with van der Waals surface area (Å²) in [4.78, 5) is 27.6. The van der Waals surface area contributed by atoms with E-state index in [-0.39, 0.29) is 6.03 Å². The lowest BCUT2D eigenvalue weighted by Gasteiger charge is -2.30. The largest absolute Gasteiger partial charge is 0.481 e. The van der Waals surface area contributed by atoms with Gasteiger partial charge in [-0.3, -0.25) is 9.69 Å². The topological polar surface area (TPSA) is 72.9 Å². The number of nitrogens with zero attached hydrogens (tertiary/aromatic N) is 2. The maximum Gasteiger partial charge on any atom is 0.317 e. The van der Waals surface area contributed by atoms with Crippen molar-refractivity contribution in [1.29, 1.82) is 0 Å². The van der Waals surface area contributed by atoms with Gasteiger partial charge in [-0.25, -0.2) is 4.79 Å². The molecule has 6 heteroatoms. The number of urea groups is 1. The van der Waals surface area contributed by atoms with Crippen LogP contribution in [0, 0.1) is 11.8 Å². The van der Waals surface area contributed by atoms with Crippen molar-refractivity contribution in [3.63, 3.8) is 0 Å². The number of piperidine rings is 2. The zero-order valence-corrected chi connectivity index (χ0v) is 16.2. The second-order valence-corrected chi connectivity index (χ2v) is 8.06. The highest BCUT2D eigenvalue weighted by molar-refractivity contribution is 5.76. The van der Waals surface area contributed by atoms with Crippen molar-refractivity contribution < 1.29 is 14.7 Å². The molecule has 27 heavy (non-hydrogen) atoms. The summed E-state index contributed by atoms with van der Waals surface area (Å²) in [6, 6.07) is 8.24. The summed E-state index contributed by atoms with van der Waals surface area (Å²) in [6.07, 6.45) is 3.96. The van der Waals surface area contributed by atoms with E-state index in [1.165, 1.54) is 31.5 Å². The van der Waals surface area contributed by atoms with Gasteiger partial charge >= 0.3 is 12.0 Å². The number of carboxylic acids is 1. The van der Waals surface area contributed by atoms with E-state index in [0.717, 1.165) is 24.4 Å². The van der Waals surface area contributed by atoms with Crippen LogP contribution in [0.2, 0.25) is 0 Å². The molecule has 6 nitrogen and oxygen atoms in total. The second kappa shape index (κ2) is 9.22. The number of carboxylic acid groups (broad SMARTS) is 1. The highest BCUT2D eigenvalue weighted by Crippen LogP contribution is 2.19. The van der Waals surface area contributed by atoms with Crippen molar-refractivity contribution in [2.45, 2.75) is 45.7 Å². The van der Waals surface area contributed by atoms with E-state index in [4.69, 9.17) is 5.11 Å². The third-order valence-electron chi connectivity index (χ3n) is 5.81. The third-order valence-corrected chi connectivity index (χ3v) is 5.81. The lowest BCUT2D eigenvalue weighted by atomic mass is 9.98. The van der Waals surface area contributed by atoms with Gasteiger partial charge in [-0.1, -0.05) is 31.2 Å². The number of likely N-dealkylation sites (tertiary alicyclic amines) is 2. The average Bonchev–Trinajstić information content (AvgIpc) is 2.69. The van der Waals surface area contributed by atoms with E-state index in [9.17, 15) is 9.59 Å². The van der Waals surface area contributed by atoms with E-state index < -0.39 is 11.9 Å². The van der Waals surface area contributed by atoms with Gasteiger partial charge in [-0.15, -0.1) is 0 Å². The van der Waals surface area contributed by atoms with Crippen LogP contribution in [0.5, 0.6) is 0 Å². The van der Waals surface area contributed by atoms with Gasteiger partial charge in [-0.2, -0.15) is 0 Å². The first-order chi connectivity index (χ1) is 13.0. The number of amides is 2. The zero-order chi connectivity index (χ0) is 19.2. The summed E-state index contributed by atoms with van der Waals surface area (Å²) in [6.45, 7) is 7.06. The summed E-state index contributed by atoms with van der Waals surface area (Å²) in [5.41, 5.74) is 2.37. The molecule has 2 N–H and O–H groups in total. The molecule has 3 rings (SSSR count). The molecule has 0 aromatic heterocycles. The fourth-order valence-corrected chi connectivity index (χ4v) is 3.89. The van der Waals surface area contributed by atoms with E-state index in [0.29, 0.717) is 26.1 Å². The minimum absolute atomic E-state index is 0.174. The molecule has 1 unspecified atom stereocenters. The Morgan fingerprint density at radius 2 is 1.74 bits per heavy atom. The van der Waals surface area contributed by atoms with Gasteiger partial charge < -0.3 is 15.3 Å². The molecule has 0 aliphatic carbocycles. The lowest BCUT2D eigenvalue weighted by Crippen LogP contribution is -2.46. The summed E-state index contributed by atoms with van der Waals surface area (Å²) in [7, 11) is 0. The smallest absolute Gasteiger partial charge is 0.317 e. The Labute approximate surface area is 161 Å². The first-order valence-corrected chi connectivity index (χ1v) is 10.1. The number of carbonyl (C=O) groups excluding carboxylic acids is 1. The summed E-state index contributed by atoms with van der Waals surface area (Å²) in [5, 5.41) is 12.1. The second-order valence-electron chi connectivity index (χ2n) is 8.06. The molecule has 0 bridgehead atoms. The summed E-state index contributed by atoms with van der Waals surface area (Å²) in [5.74, 6) is -0.411. The average molecular weight is 373 g/mol. The van der Waals surface area contributed by atoms with Crippen molar-refractivity contribution in [3.05, 3.63) is 35.4 Å². The van der Waals surface area contributed by atoms with Crippen LogP contribution in [0.3, 0.4) is 0 Å². The molecule has 2 fully saturated rings. The van der Waals surface area contributed by atoms with Crippen molar-refractivity contribution in [3.8, 4) is 0 Å². The van der Waals surface area contributed by atoms with Gasteiger partial charge in [-0.05, 0) is 55.8 Å². The molecular weight excluding hydrogens is 342 g/mol. The van der Waals surface area contributed by atoms with Gasteiger partial charge in [0.05, 0.1) is 5.92 Å². The number of benzene rings is 1. The molecular formula is C21H31N3O3. The molecule has 1 aromatic carbocycles. The minimum atomic E-state index is -0.814. The molecule has 2 aliphatic rings. The molecule has 0 radical (unpaired) electrons. The molecule has 0 saturated carbocycles. The SMILES string of the molecule is CC1CCN(Cc2ccc(CNC(=O)N3CCCC(C(=O)O)C3)cc2)CC1. The van der Waals surface area contributed by atoms with Crippen molar-refractivity contribution in [2.24, 2.45) is 11.8 Å². The molecule has 1 atom stereocenters. The predicted molar refractivity (Wildman–Crippen MR) is 104 cm³/mol. The lowest BCUT2D eigenvalue weighted by molar-refractivity contribution is -0.143. The first-order valence-electron chi connectivity index (χ1n) is 10.1. The number of hydrogen-bond donors (Lipinski definition) is 2. The Kier molecular flexibility index (Phi) is 6.72. The Morgan fingerprint density at radius 1 is 1.07 bits per heavy atom. The fraction of sp³-hybridized carbons (Fsp3) is 0.619. The molecule has 1 aromatic rings. The number of rotatable bonds is 5. The summed E-state index contributed by atoms with van der Waals surface area (Å²) >= 11 is 0. The summed E-state index contributed by atoms with van der Waals surface area (Å²) < 4.78 is 0. The highest BCUT2D eigenvalue weighted by atomic mass is 16.4. The van der Waals surface area contributed by atoms with Gasteiger partial charge in [0, 0.05) is 26.2 Å². The Morgan fingerprint density at radius 3 is 2.41 bits per heavy atom. The maximum atomic E-state index is 12.3. The van der Waals surface area contributed by atoms with Crippen LogP contribution >= 0.6 is 0 Å². The fourth-order valence-electron chi connectivity index (χ4n) is 3.89. The number of aliphatic carboxylic acids is 1. The van der Waals surface area contributed by atoms with Gasteiger partial charge in [0.15, 0.2) is 0 Å². The highest BCUT2D eigenvalue weighted by Gasteiger charge is 2.27. The Bertz CT molecular complexity index is 639. The number of carbonyl (C=O) groups is 2. The van der Waals surface area contributed by atoms with Crippen LogP contribution < -0.4 is 5.32 Å². The third kappa shape index (κ3) is 5.70. The first kappa shape index (κ1) is 19.7. The Hall–Kier alpha value is -2.08. The molecule has 2 heterocycles. The number of nitrogens with one attached hydrogen (secondary N) is 1. The van der Waals surface area contributed by atoms with E-state index in [2.05, 4.69) is 41.4 Å². The van der Waals surface area contributed by atoms with Crippen molar-refractivity contribution in [1.82, 2.24) is 15.1 Å². The number of hydrogen-bond acceptors (Lipinski definition) is 3. The van der Waals surface area contributed by atoms with Crippen LogP contribution in [-0.4, -0.2) is 53.1 Å². The monoisotopic (exact) mass is 373 g/mol. The molecule has 2 aliphatic heterocycles. The van der Waals surface area contributed by atoms with Crippen LogP contribution in [0.15, 0.2) is 24.3 Å². The van der Waals surface area contributed by atoms with Crippen molar-refractivity contribution >= 4 is 12.0 Å². The molecule has 0 spiro atoms. The van der Waals surface area contributed by atoms with Gasteiger partial charge in [0.1, 0.15) is 0 Å². The van der Waals surface area contributed by atoms with Crippen molar-refractivity contribution in [2.75, 3.05) is 26.2 Å². The molecule has 2 saturated heterocycles. The predicted octanol–water partition coefficient (Wildman–Crippen LogP) is 2.92. The van der Waals surface area contributed by atoms with E-state index in [1.807, 2.05) is 0 Å². The zero-order valence-electron chi connectivity index (χ0n) is 16.2. The van der Waals surface area contributed by atoms with Crippen LogP contribution in [0.4, 0.5) is 4.79 Å². The van der Waals surface area contributed by atoms with Gasteiger partial charge in [0.25, 0.3) is 0 Å². The quantitative estimate of drug-likeness (QED) is 0.832. The molecule has 2 amide bonds.